The molecule has 0 saturated carbocycles. The summed E-state index contributed by atoms with van der Waals surface area (Å²) >= 11 is 12.1. The fourth-order valence-electron chi connectivity index (χ4n) is 2.07. The Morgan fingerprint density at radius 1 is 1.41 bits per heavy atom. The molecule has 1 aliphatic rings. The van der Waals surface area contributed by atoms with Crippen LogP contribution >= 0.6 is 23.2 Å². The summed E-state index contributed by atoms with van der Waals surface area (Å²) in [6.45, 7) is 8.16. The smallest absolute Gasteiger partial charge is 0.129 e. The molecule has 0 radical (unpaired) electrons. The molecule has 0 amide bonds. The zero-order chi connectivity index (χ0) is 12.5. The highest BCUT2D eigenvalue weighted by Crippen LogP contribution is 2.23. The van der Waals surface area contributed by atoms with Gasteiger partial charge in [0.2, 0.25) is 0 Å². The van der Waals surface area contributed by atoms with Crippen LogP contribution in [0.5, 0.6) is 0 Å². The van der Waals surface area contributed by atoms with Crippen molar-refractivity contribution in [2.45, 2.75) is 25.9 Å². The van der Waals surface area contributed by atoms with Gasteiger partial charge in [0.1, 0.15) is 5.15 Å². The van der Waals surface area contributed by atoms with Crippen molar-refractivity contribution in [1.82, 2.24) is 15.2 Å². The second-order valence-corrected chi connectivity index (χ2v) is 5.77. The molecule has 0 bridgehead atoms. The van der Waals surface area contributed by atoms with E-state index >= 15 is 0 Å². The van der Waals surface area contributed by atoms with Crippen LogP contribution in [0.1, 0.15) is 19.5 Å². The van der Waals surface area contributed by atoms with Crippen LogP contribution in [0.3, 0.4) is 0 Å². The van der Waals surface area contributed by atoms with Gasteiger partial charge in [-0.2, -0.15) is 0 Å². The maximum absolute atomic E-state index is 6.15. The van der Waals surface area contributed by atoms with E-state index in [2.05, 4.69) is 29.0 Å². The molecule has 0 spiro atoms. The first-order valence-electron chi connectivity index (χ1n) is 5.76. The third-order valence-electron chi connectivity index (χ3n) is 3.20. The Bertz CT molecular complexity index is 407. The fourth-order valence-corrected chi connectivity index (χ4v) is 2.40. The molecular weight excluding hydrogens is 257 g/mol. The van der Waals surface area contributed by atoms with E-state index in [0.29, 0.717) is 10.2 Å². The predicted molar refractivity (Wildman–Crippen MR) is 71.6 cm³/mol. The molecule has 1 N–H and O–H groups in total. The minimum absolute atomic E-state index is 0.117. The Hall–Kier alpha value is -0.350. The van der Waals surface area contributed by atoms with Gasteiger partial charge in [-0.1, -0.05) is 23.2 Å². The first kappa shape index (κ1) is 13.1. The van der Waals surface area contributed by atoms with Crippen LogP contribution in [-0.2, 0) is 6.54 Å². The number of piperazine rings is 1. The van der Waals surface area contributed by atoms with Gasteiger partial charge in [0, 0.05) is 31.7 Å². The van der Waals surface area contributed by atoms with Crippen LogP contribution in [0.2, 0.25) is 10.2 Å². The van der Waals surface area contributed by atoms with Crippen molar-refractivity contribution in [3.8, 4) is 0 Å². The highest BCUT2D eigenvalue weighted by Gasteiger charge is 2.30. The molecule has 1 aromatic heterocycles. The van der Waals surface area contributed by atoms with Crippen LogP contribution < -0.4 is 5.32 Å². The zero-order valence-electron chi connectivity index (χ0n) is 10.1. The van der Waals surface area contributed by atoms with E-state index < -0.39 is 0 Å². The van der Waals surface area contributed by atoms with Gasteiger partial charge in [-0.25, -0.2) is 4.98 Å². The first-order chi connectivity index (χ1) is 7.99. The predicted octanol–water partition coefficient (Wildman–Crippen LogP) is 2.57. The number of pyridine rings is 1. The lowest BCUT2D eigenvalue weighted by molar-refractivity contribution is 0.0814. The summed E-state index contributed by atoms with van der Waals surface area (Å²) in [4.78, 5) is 6.69. The van der Waals surface area contributed by atoms with Gasteiger partial charge in [-0.15, -0.1) is 0 Å². The van der Waals surface area contributed by atoms with E-state index in [-0.39, 0.29) is 5.54 Å². The molecule has 3 nitrogen and oxygen atoms in total. The number of nitrogens with zero attached hydrogens (tertiary/aromatic N) is 2. The summed E-state index contributed by atoms with van der Waals surface area (Å²) < 4.78 is 0. The Kier molecular flexibility index (Phi) is 3.93. The van der Waals surface area contributed by atoms with Gasteiger partial charge >= 0.3 is 0 Å². The van der Waals surface area contributed by atoms with E-state index in [9.17, 15) is 0 Å². The van der Waals surface area contributed by atoms with Crippen molar-refractivity contribution < 1.29 is 0 Å². The molecule has 1 aromatic rings. The minimum Gasteiger partial charge on any atom is -0.314 e. The van der Waals surface area contributed by atoms with Crippen LogP contribution in [0.25, 0.3) is 0 Å². The lowest BCUT2D eigenvalue weighted by Crippen LogP contribution is -2.57. The SMILES string of the molecule is CC1(C)CNCCN1Cc1nc(Cl)ccc1Cl. The standard InChI is InChI=1S/C12H17Cl2N3/c1-12(2)8-15-5-6-17(12)7-10-9(13)3-4-11(14)16-10/h3-4,15H,5-8H2,1-2H3. The maximum atomic E-state index is 6.15. The maximum Gasteiger partial charge on any atom is 0.129 e. The van der Waals surface area contributed by atoms with Gasteiger partial charge in [0.25, 0.3) is 0 Å². The van der Waals surface area contributed by atoms with E-state index in [4.69, 9.17) is 23.2 Å². The van der Waals surface area contributed by atoms with Gasteiger partial charge in [0.15, 0.2) is 0 Å². The Morgan fingerprint density at radius 3 is 2.88 bits per heavy atom. The largest absolute Gasteiger partial charge is 0.314 e. The molecule has 0 aromatic carbocycles. The lowest BCUT2D eigenvalue weighted by Gasteiger charge is -2.42. The molecule has 2 heterocycles. The number of rotatable bonds is 2. The van der Waals surface area contributed by atoms with Crippen LogP contribution in [0, 0.1) is 0 Å². The second kappa shape index (κ2) is 5.11. The Morgan fingerprint density at radius 2 is 2.18 bits per heavy atom. The molecule has 1 saturated heterocycles. The van der Waals surface area contributed by atoms with Gasteiger partial charge < -0.3 is 5.32 Å². The number of nitrogens with one attached hydrogen (secondary N) is 1. The van der Waals surface area contributed by atoms with Crippen molar-refractivity contribution in [3.63, 3.8) is 0 Å². The summed E-state index contributed by atoms with van der Waals surface area (Å²) in [7, 11) is 0. The summed E-state index contributed by atoms with van der Waals surface area (Å²) in [5, 5.41) is 4.58. The fraction of sp³-hybridized carbons (Fsp3) is 0.583. The van der Waals surface area contributed by atoms with Crippen molar-refractivity contribution in [1.29, 1.82) is 0 Å². The molecule has 0 unspecified atom stereocenters. The number of hydrogen-bond donors (Lipinski definition) is 1. The van der Waals surface area contributed by atoms with E-state index in [1.165, 1.54) is 0 Å². The first-order valence-corrected chi connectivity index (χ1v) is 6.51. The Balaban J connectivity index is 2.16. The number of hydrogen-bond acceptors (Lipinski definition) is 3. The van der Waals surface area contributed by atoms with Gasteiger partial charge in [-0.3, -0.25) is 4.90 Å². The third-order valence-corrected chi connectivity index (χ3v) is 3.75. The highest BCUT2D eigenvalue weighted by molar-refractivity contribution is 6.32. The summed E-state index contributed by atoms with van der Waals surface area (Å²) in [6, 6.07) is 3.53. The van der Waals surface area contributed by atoms with Crippen LogP contribution in [0.4, 0.5) is 0 Å². The minimum atomic E-state index is 0.117. The number of halogens is 2. The van der Waals surface area contributed by atoms with Crippen molar-refractivity contribution in [3.05, 3.63) is 28.0 Å². The molecule has 5 heteroatoms. The van der Waals surface area contributed by atoms with Gasteiger partial charge in [-0.05, 0) is 26.0 Å². The van der Waals surface area contributed by atoms with Crippen LogP contribution in [0.15, 0.2) is 12.1 Å². The summed E-state index contributed by atoms with van der Waals surface area (Å²) in [5.74, 6) is 0. The van der Waals surface area contributed by atoms with Crippen LogP contribution in [-0.4, -0.2) is 35.1 Å². The van der Waals surface area contributed by atoms with Crippen molar-refractivity contribution in [2.24, 2.45) is 0 Å². The van der Waals surface area contributed by atoms with E-state index in [0.717, 1.165) is 31.9 Å². The third kappa shape index (κ3) is 3.10. The monoisotopic (exact) mass is 273 g/mol. The molecule has 2 rings (SSSR count). The van der Waals surface area contributed by atoms with Gasteiger partial charge in [0.05, 0.1) is 10.7 Å². The molecule has 94 valence electrons. The summed E-state index contributed by atoms with van der Waals surface area (Å²) in [6.07, 6.45) is 0. The molecule has 17 heavy (non-hydrogen) atoms. The summed E-state index contributed by atoms with van der Waals surface area (Å²) in [5.41, 5.74) is 0.972. The van der Waals surface area contributed by atoms with Crippen molar-refractivity contribution in [2.75, 3.05) is 19.6 Å². The average Bonchev–Trinajstić information content (AvgIpc) is 2.26. The highest BCUT2D eigenvalue weighted by atomic mass is 35.5. The quantitative estimate of drug-likeness (QED) is 0.840. The Labute approximate surface area is 112 Å². The molecule has 1 aliphatic heterocycles. The molecular formula is C12H17Cl2N3. The molecule has 0 aliphatic carbocycles. The van der Waals surface area contributed by atoms with E-state index in [1.54, 1.807) is 12.1 Å². The van der Waals surface area contributed by atoms with E-state index in [1.807, 2.05) is 0 Å². The van der Waals surface area contributed by atoms with Crippen molar-refractivity contribution >= 4 is 23.2 Å². The second-order valence-electron chi connectivity index (χ2n) is 4.97. The lowest BCUT2D eigenvalue weighted by atomic mass is 10.00. The normalized spacial score (nSPS) is 20.5. The zero-order valence-corrected chi connectivity index (χ0v) is 11.6. The molecule has 0 atom stereocenters. The average molecular weight is 274 g/mol. The topological polar surface area (TPSA) is 28.2 Å². The molecule has 1 fully saturated rings. The number of aromatic nitrogens is 1.